The molecule has 0 bridgehead atoms. The summed E-state index contributed by atoms with van der Waals surface area (Å²) in [4.78, 5) is 14.4. The molecule has 2 aromatic carbocycles. The summed E-state index contributed by atoms with van der Waals surface area (Å²) in [5.74, 6) is 1.78. The normalized spacial score (nSPS) is 10.6. The number of nitrogen functional groups attached to an aromatic ring is 1. The largest absolute Gasteiger partial charge is 0.495 e. The monoisotopic (exact) mass is 386 g/mol. The number of carbonyl (C=O) groups excluding carboxylic acids is 1. The highest BCUT2D eigenvalue weighted by Gasteiger charge is 2.20. The molecule has 0 atom stereocenters. The number of benzene rings is 2. The number of amides is 1. The Morgan fingerprint density at radius 2 is 1.57 bits per heavy atom. The van der Waals surface area contributed by atoms with E-state index in [9.17, 15) is 4.79 Å². The molecule has 0 aromatic heterocycles. The number of anilines is 2. The minimum absolute atomic E-state index is 0.189. The van der Waals surface area contributed by atoms with E-state index in [-0.39, 0.29) is 5.91 Å². The van der Waals surface area contributed by atoms with Gasteiger partial charge in [-0.25, -0.2) is 0 Å². The van der Waals surface area contributed by atoms with Gasteiger partial charge in [-0.1, -0.05) is 12.1 Å². The van der Waals surface area contributed by atoms with E-state index in [4.69, 9.17) is 24.7 Å². The zero-order valence-corrected chi connectivity index (χ0v) is 16.8. The molecule has 2 rings (SSSR count). The first-order valence-electron chi connectivity index (χ1n) is 8.65. The second kappa shape index (κ2) is 9.55. The van der Waals surface area contributed by atoms with Crippen LogP contribution in [0.1, 0.15) is 12.5 Å². The number of methoxy groups -OCH3 is 4. The maximum absolute atomic E-state index is 12.8. The van der Waals surface area contributed by atoms with Crippen LogP contribution in [-0.2, 0) is 11.3 Å². The molecule has 150 valence electrons. The molecule has 7 heteroatoms. The van der Waals surface area contributed by atoms with Crippen LogP contribution in [0.5, 0.6) is 23.0 Å². The highest BCUT2D eigenvalue weighted by atomic mass is 16.5. The number of ether oxygens (including phenoxy) is 4. The lowest BCUT2D eigenvalue weighted by atomic mass is 10.1. The van der Waals surface area contributed by atoms with Crippen LogP contribution in [0.25, 0.3) is 0 Å². The predicted octanol–water partition coefficient (Wildman–Crippen LogP) is 3.41. The molecule has 28 heavy (non-hydrogen) atoms. The average Bonchev–Trinajstić information content (AvgIpc) is 2.71. The molecular weight excluding hydrogens is 360 g/mol. The molecule has 0 aliphatic rings. The summed E-state index contributed by atoms with van der Waals surface area (Å²) in [6.45, 7) is 2.09. The Morgan fingerprint density at radius 1 is 0.964 bits per heavy atom. The Kier molecular flexibility index (Phi) is 7.14. The molecule has 2 aromatic rings. The summed E-state index contributed by atoms with van der Waals surface area (Å²) in [7, 11) is 6.15. The van der Waals surface area contributed by atoms with Crippen molar-refractivity contribution in [1.82, 2.24) is 0 Å². The minimum Gasteiger partial charge on any atom is -0.495 e. The van der Waals surface area contributed by atoms with Crippen LogP contribution in [0, 0.1) is 0 Å². The molecule has 0 spiro atoms. The van der Waals surface area contributed by atoms with Crippen molar-refractivity contribution in [2.45, 2.75) is 13.5 Å². The summed E-state index contributed by atoms with van der Waals surface area (Å²) in [6, 6.07) is 8.89. The van der Waals surface area contributed by atoms with Crippen molar-refractivity contribution >= 4 is 17.3 Å². The lowest BCUT2D eigenvalue weighted by Gasteiger charge is -2.24. The van der Waals surface area contributed by atoms with Crippen LogP contribution in [-0.4, -0.2) is 34.3 Å². The molecule has 1 amide bonds. The van der Waals surface area contributed by atoms with Gasteiger partial charge in [-0.15, -0.1) is 0 Å². The molecular formula is C21H26N2O5. The quantitative estimate of drug-likeness (QED) is 0.553. The molecule has 0 unspecified atom stereocenters. The Labute approximate surface area is 165 Å². The van der Waals surface area contributed by atoms with Crippen molar-refractivity contribution in [2.75, 3.05) is 39.1 Å². The number of hydrogen-bond donors (Lipinski definition) is 1. The van der Waals surface area contributed by atoms with E-state index < -0.39 is 0 Å². The maximum Gasteiger partial charge on any atom is 0.250 e. The number of rotatable bonds is 8. The lowest BCUT2D eigenvalue weighted by Crippen LogP contribution is -2.28. The Balaban J connectivity index is 2.52. The first-order valence-corrected chi connectivity index (χ1v) is 8.65. The smallest absolute Gasteiger partial charge is 0.250 e. The molecule has 0 radical (unpaired) electrons. The zero-order valence-electron chi connectivity index (χ0n) is 16.8. The summed E-state index contributed by atoms with van der Waals surface area (Å²) < 4.78 is 21.4. The number of nitrogens with zero attached hydrogens (tertiary/aromatic N) is 1. The van der Waals surface area contributed by atoms with Crippen LogP contribution in [0.15, 0.2) is 42.5 Å². The van der Waals surface area contributed by atoms with Gasteiger partial charge in [-0.05, 0) is 30.7 Å². The third-order valence-electron chi connectivity index (χ3n) is 4.17. The number of nitrogens with two attached hydrogens (primary N) is 1. The van der Waals surface area contributed by atoms with Gasteiger partial charge >= 0.3 is 0 Å². The second-order valence-corrected chi connectivity index (χ2v) is 5.88. The van der Waals surface area contributed by atoms with Gasteiger partial charge in [0.25, 0.3) is 5.91 Å². The Morgan fingerprint density at radius 3 is 2.04 bits per heavy atom. The van der Waals surface area contributed by atoms with E-state index in [1.807, 2.05) is 6.07 Å². The first-order chi connectivity index (χ1) is 13.5. The van der Waals surface area contributed by atoms with Crippen molar-refractivity contribution in [1.29, 1.82) is 0 Å². The van der Waals surface area contributed by atoms with Gasteiger partial charge in [-0.3, -0.25) is 4.79 Å². The average molecular weight is 386 g/mol. The van der Waals surface area contributed by atoms with Crippen LogP contribution in [0.4, 0.5) is 11.4 Å². The Hall–Kier alpha value is -3.35. The summed E-state index contributed by atoms with van der Waals surface area (Å²) in [5.41, 5.74) is 7.97. The summed E-state index contributed by atoms with van der Waals surface area (Å²) in [5, 5.41) is 0. The van der Waals surface area contributed by atoms with E-state index in [1.165, 1.54) is 27.4 Å². The fourth-order valence-corrected chi connectivity index (χ4v) is 2.82. The van der Waals surface area contributed by atoms with E-state index in [2.05, 4.69) is 0 Å². The van der Waals surface area contributed by atoms with Gasteiger partial charge in [0.1, 0.15) is 5.75 Å². The molecule has 0 aliphatic carbocycles. The predicted molar refractivity (Wildman–Crippen MR) is 110 cm³/mol. The topological polar surface area (TPSA) is 83.3 Å². The fourth-order valence-electron chi connectivity index (χ4n) is 2.82. The molecule has 0 aliphatic heterocycles. The fraction of sp³-hybridized carbons (Fsp3) is 0.286. The van der Waals surface area contributed by atoms with Crippen LogP contribution in [0.3, 0.4) is 0 Å². The van der Waals surface area contributed by atoms with Gasteiger partial charge in [-0.2, -0.15) is 0 Å². The van der Waals surface area contributed by atoms with Crippen molar-refractivity contribution in [2.24, 2.45) is 0 Å². The SMILES string of the molecule is C/C=C/C(=O)N(Cc1ccc(OC)c(N)c1)c1cc(OC)c(OC)c(OC)c1. The highest BCUT2D eigenvalue weighted by Crippen LogP contribution is 2.41. The summed E-state index contributed by atoms with van der Waals surface area (Å²) >= 11 is 0. The van der Waals surface area contributed by atoms with Crippen molar-refractivity contribution in [3.8, 4) is 23.0 Å². The molecule has 0 saturated heterocycles. The van der Waals surface area contributed by atoms with E-state index in [0.29, 0.717) is 40.9 Å². The van der Waals surface area contributed by atoms with Crippen molar-refractivity contribution in [3.63, 3.8) is 0 Å². The second-order valence-electron chi connectivity index (χ2n) is 5.88. The lowest BCUT2D eigenvalue weighted by molar-refractivity contribution is -0.114. The van der Waals surface area contributed by atoms with E-state index in [0.717, 1.165) is 5.56 Å². The minimum atomic E-state index is -0.189. The van der Waals surface area contributed by atoms with Gasteiger partial charge in [0.05, 0.1) is 46.4 Å². The molecule has 7 nitrogen and oxygen atoms in total. The van der Waals surface area contributed by atoms with Crippen LogP contribution >= 0.6 is 0 Å². The Bertz CT molecular complexity index is 839. The summed E-state index contributed by atoms with van der Waals surface area (Å²) in [6.07, 6.45) is 3.19. The van der Waals surface area contributed by atoms with E-state index in [1.54, 1.807) is 49.3 Å². The molecule has 0 fully saturated rings. The molecule has 2 N–H and O–H groups in total. The van der Waals surface area contributed by atoms with Gasteiger partial charge in [0, 0.05) is 12.1 Å². The number of hydrogen-bond acceptors (Lipinski definition) is 6. The maximum atomic E-state index is 12.8. The third kappa shape index (κ3) is 4.49. The number of allylic oxidation sites excluding steroid dienone is 1. The molecule has 0 saturated carbocycles. The van der Waals surface area contributed by atoms with Gasteiger partial charge in [0.15, 0.2) is 11.5 Å². The van der Waals surface area contributed by atoms with E-state index >= 15 is 0 Å². The van der Waals surface area contributed by atoms with Crippen molar-refractivity contribution < 1.29 is 23.7 Å². The third-order valence-corrected chi connectivity index (χ3v) is 4.17. The van der Waals surface area contributed by atoms with Crippen LogP contribution in [0.2, 0.25) is 0 Å². The zero-order chi connectivity index (χ0) is 20.7. The highest BCUT2D eigenvalue weighted by molar-refractivity contribution is 6.01. The van der Waals surface area contributed by atoms with Crippen molar-refractivity contribution in [3.05, 3.63) is 48.0 Å². The van der Waals surface area contributed by atoms with Crippen LogP contribution < -0.4 is 29.6 Å². The van der Waals surface area contributed by atoms with Gasteiger partial charge < -0.3 is 29.6 Å². The first kappa shape index (κ1) is 21.0. The number of carbonyl (C=O) groups is 1. The standard InChI is InChI=1S/C21H26N2O5/c1-6-7-20(24)23(13-14-8-9-17(25-2)16(22)10-14)15-11-18(26-3)21(28-5)19(12-15)27-4/h6-12H,13,22H2,1-5H3/b7-6+. The molecule has 0 heterocycles. The van der Waals surface area contributed by atoms with Gasteiger partial charge in [0.2, 0.25) is 5.75 Å².